The molecule has 11 heteroatoms. The molecule has 246 valence electrons. The van der Waals surface area contributed by atoms with E-state index in [1.165, 1.54) is 4.68 Å². The number of unbranched alkanes of at least 4 members (excludes halogenated alkanes) is 3. The van der Waals surface area contributed by atoms with Crippen LogP contribution in [-0.2, 0) is 24.2 Å². The Hall–Kier alpha value is -3.62. The van der Waals surface area contributed by atoms with Crippen molar-refractivity contribution < 1.29 is 19.1 Å². The molecule has 0 saturated carbocycles. The van der Waals surface area contributed by atoms with Crippen LogP contribution in [0.5, 0.6) is 0 Å². The molecule has 0 N–H and O–H groups in total. The number of anilines is 2. The second kappa shape index (κ2) is 15.8. The molecule has 46 heavy (non-hydrogen) atoms. The Balaban J connectivity index is 1.35. The van der Waals surface area contributed by atoms with Crippen molar-refractivity contribution in [2.24, 2.45) is 0 Å². The van der Waals surface area contributed by atoms with Crippen LogP contribution in [0.2, 0.25) is 0 Å². The number of hydrogen-bond acceptors (Lipinski definition) is 7. The third-order valence-corrected chi connectivity index (χ3v) is 11.3. The van der Waals surface area contributed by atoms with E-state index in [1.807, 2.05) is 55.5 Å². The molecule has 1 aromatic heterocycles. The Morgan fingerprint density at radius 1 is 0.913 bits per heavy atom. The molecule has 3 heterocycles. The third-order valence-electron chi connectivity index (χ3n) is 8.89. The number of hydrogen-bond donors (Lipinski definition) is 0. The fourth-order valence-corrected chi connectivity index (χ4v) is 8.30. The molecule has 1 fully saturated rings. The zero-order valence-corrected chi connectivity index (χ0v) is 29.7. The van der Waals surface area contributed by atoms with Crippen LogP contribution in [0.25, 0.3) is 0 Å². The summed E-state index contributed by atoms with van der Waals surface area (Å²) in [5.74, 6) is 0. The fraction of sp³-hybridized carbons (Fsp3) is 0.486. The molecule has 10 nitrogen and oxygen atoms in total. The molecule has 1 unspecified atom stereocenters. The molecule has 2 aromatic carbocycles. The maximum absolute atomic E-state index is 13.9. The zero-order valence-electron chi connectivity index (χ0n) is 27.6. The first kappa shape index (κ1) is 33.7. The van der Waals surface area contributed by atoms with E-state index in [0.29, 0.717) is 35.4 Å². The third kappa shape index (κ3) is 7.67. The van der Waals surface area contributed by atoms with Gasteiger partial charge in [-0.3, -0.25) is 0 Å². The molecule has 0 radical (unpaired) electrons. The molecule has 1 atom stereocenters. The maximum atomic E-state index is 13.9. The summed E-state index contributed by atoms with van der Waals surface area (Å²) in [4.78, 5) is 49.0. The Morgan fingerprint density at radius 2 is 1.65 bits per heavy atom. The summed E-state index contributed by atoms with van der Waals surface area (Å²) in [5.41, 5.74) is 5.21. The molecule has 2 aliphatic rings. The number of urea groups is 1. The summed E-state index contributed by atoms with van der Waals surface area (Å²) in [6, 6.07) is 15.7. The number of piperazine rings is 1. The van der Waals surface area contributed by atoms with Gasteiger partial charge in [-0.25, -0.2) is 0 Å². The van der Waals surface area contributed by atoms with Gasteiger partial charge in [0.05, 0.1) is 0 Å². The number of nitrogens with zero attached hydrogens (tertiary/aromatic N) is 6. The zero-order chi connectivity index (χ0) is 32.6. The fourth-order valence-electron chi connectivity index (χ4n) is 6.10. The van der Waals surface area contributed by atoms with E-state index < -0.39 is 21.8 Å². The van der Waals surface area contributed by atoms with Crippen LogP contribution in [0.15, 0.2) is 48.5 Å². The van der Waals surface area contributed by atoms with E-state index in [2.05, 4.69) is 35.8 Å². The summed E-state index contributed by atoms with van der Waals surface area (Å²) < 4.78 is 7.60. The monoisotopic (exact) mass is 690 g/mol. The van der Waals surface area contributed by atoms with E-state index in [4.69, 9.17) is 4.74 Å². The van der Waals surface area contributed by atoms with E-state index in [1.54, 1.807) is 9.80 Å². The van der Waals surface area contributed by atoms with Crippen molar-refractivity contribution in [3.8, 4) is 0 Å². The quantitative estimate of drug-likeness (QED) is 0.202. The van der Waals surface area contributed by atoms with Crippen LogP contribution < -0.4 is 14.3 Å². The van der Waals surface area contributed by atoms with Crippen LogP contribution in [-0.4, -0.2) is 98.4 Å². The molecule has 3 aromatic rings. The number of para-hydroxylation sites is 1. The number of likely N-dealkylation sites (N-methyl/N-ethyl adjacent to an activating group) is 1. The van der Waals surface area contributed by atoms with E-state index in [9.17, 15) is 14.4 Å². The summed E-state index contributed by atoms with van der Waals surface area (Å²) in [6.45, 7) is 11.5. The van der Waals surface area contributed by atoms with Crippen molar-refractivity contribution in [2.45, 2.75) is 66.0 Å². The number of rotatable bonds is 12. The number of carbonyl (C=O) groups is 3. The van der Waals surface area contributed by atoms with Crippen molar-refractivity contribution in [1.29, 1.82) is 0 Å². The normalized spacial score (nSPS) is 15.0. The van der Waals surface area contributed by atoms with Crippen molar-refractivity contribution in [3.63, 3.8) is 0 Å². The number of ether oxygens (including phenoxy) is 1. The molecule has 0 bridgehead atoms. The topological polar surface area (TPSA) is 91.2 Å². The van der Waals surface area contributed by atoms with Gasteiger partial charge in [0.25, 0.3) is 0 Å². The average Bonchev–Trinajstić information content (AvgIpc) is 3.66. The molecule has 1 saturated heterocycles. The average molecular weight is 691 g/mol. The van der Waals surface area contributed by atoms with Gasteiger partial charge in [0.2, 0.25) is 0 Å². The standard InChI is InChI=1S/C35H47AsN6O4/c1-5-8-9-12-23-46-35(45)42-31-25-40(34(44)41(7-3)30-14-11-10-13-26(30)6-2)24-29(31)32(37-42)36-33(43)27-15-17-28(18-16-27)39-21-19-38(4)20-22-39/h10-11,13-18,36H,5-9,12,19-25H2,1-4H3. The van der Waals surface area contributed by atoms with Crippen LogP contribution in [0.3, 0.4) is 0 Å². The number of benzene rings is 2. The van der Waals surface area contributed by atoms with Gasteiger partial charge in [-0.2, -0.15) is 0 Å². The van der Waals surface area contributed by atoms with Crippen LogP contribution >= 0.6 is 0 Å². The van der Waals surface area contributed by atoms with Gasteiger partial charge in [0.1, 0.15) is 0 Å². The molecule has 0 spiro atoms. The van der Waals surface area contributed by atoms with Crippen LogP contribution in [0, 0.1) is 0 Å². The van der Waals surface area contributed by atoms with Gasteiger partial charge in [-0.05, 0) is 0 Å². The van der Waals surface area contributed by atoms with Gasteiger partial charge in [0.15, 0.2) is 0 Å². The number of aromatic nitrogens is 2. The first-order valence-corrected chi connectivity index (χ1v) is 18.7. The summed E-state index contributed by atoms with van der Waals surface area (Å²) in [5, 5.41) is 4.67. The SMILES string of the molecule is CCCCCCOC(=O)n1nc([AsH]C(=O)c2ccc(N3CCN(C)CC3)cc2)c2c1CN(C(=O)N(CC)c1ccccc1CC)C2. The first-order chi connectivity index (χ1) is 22.3. The second-order valence-corrected chi connectivity index (χ2v) is 14.5. The second-order valence-electron chi connectivity index (χ2n) is 12.0. The Kier molecular flexibility index (Phi) is 11.6. The molecular weight excluding hydrogens is 643 g/mol. The number of carbonyl (C=O) groups excluding carboxylic acids is 3. The number of aryl methyl sites for hydroxylation is 1. The van der Waals surface area contributed by atoms with Crippen molar-refractivity contribution >= 4 is 48.3 Å². The van der Waals surface area contributed by atoms with Crippen molar-refractivity contribution in [1.82, 2.24) is 19.6 Å². The van der Waals surface area contributed by atoms with Gasteiger partial charge < -0.3 is 0 Å². The minimum atomic E-state index is -1.41. The molecular formula is C35H47AsN6O4. The Morgan fingerprint density at radius 3 is 2.35 bits per heavy atom. The van der Waals surface area contributed by atoms with Gasteiger partial charge in [0, 0.05) is 0 Å². The first-order valence-electron chi connectivity index (χ1n) is 16.6. The Labute approximate surface area is 279 Å². The minimum absolute atomic E-state index is 0.0437. The van der Waals surface area contributed by atoms with Crippen molar-refractivity contribution in [2.75, 3.05) is 56.2 Å². The summed E-state index contributed by atoms with van der Waals surface area (Å²) in [7, 11) is 2.13. The van der Waals surface area contributed by atoms with E-state index >= 15 is 0 Å². The number of amides is 2. The van der Waals surface area contributed by atoms with Crippen LogP contribution in [0.1, 0.15) is 73.6 Å². The predicted octanol–water partition coefficient (Wildman–Crippen LogP) is 4.63. The van der Waals surface area contributed by atoms with Gasteiger partial charge in [-0.15, -0.1) is 0 Å². The molecule has 0 aliphatic carbocycles. The molecule has 5 rings (SSSR count). The number of fused-ring (bicyclic) bond motifs is 1. The Bertz CT molecular complexity index is 1520. The van der Waals surface area contributed by atoms with Crippen molar-refractivity contribution in [3.05, 3.63) is 70.9 Å². The van der Waals surface area contributed by atoms with Gasteiger partial charge in [-0.1, -0.05) is 0 Å². The van der Waals surface area contributed by atoms with E-state index in [-0.39, 0.29) is 17.1 Å². The van der Waals surface area contributed by atoms with Crippen LogP contribution in [0.4, 0.5) is 21.0 Å². The predicted molar refractivity (Wildman–Crippen MR) is 184 cm³/mol. The molecule has 2 aliphatic heterocycles. The summed E-state index contributed by atoms with van der Waals surface area (Å²) >= 11 is -1.41. The van der Waals surface area contributed by atoms with E-state index in [0.717, 1.165) is 80.8 Å². The molecule has 2 amide bonds. The summed E-state index contributed by atoms with van der Waals surface area (Å²) in [6.07, 6.45) is 4.24. The van der Waals surface area contributed by atoms with Gasteiger partial charge >= 0.3 is 280 Å².